The van der Waals surface area contributed by atoms with Crippen LogP contribution < -0.4 is 5.43 Å². The molecule has 4 rings (SSSR count). The van der Waals surface area contributed by atoms with Gasteiger partial charge in [0, 0.05) is 5.56 Å². The molecule has 4 aromatic carbocycles. The maximum Gasteiger partial charge on any atom is 0.244 e. The summed E-state index contributed by atoms with van der Waals surface area (Å²) >= 11 is 0. The molecule has 0 bridgehead atoms. The SMILES string of the molecule is O=C(Cc1ccc(F)cc1)N/N=C\c1c2ccccc2cc2ccccc12. The standard InChI is InChI=1S/C23H17FN2O/c24-19-11-9-16(10-12-19)13-23(27)26-25-15-22-20-7-3-1-5-17(20)14-18-6-2-4-8-21(18)22/h1-12,14-15H,13H2,(H,26,27)/b25-15-. The number of hydrogen-bond acceptors (Lipinski definition) is 2. The number of carbonyl (C=O) groups excluding carboxylic acids is 1. The van der Waals surface area contributed by atoms with Crippen molar-refractivity contribution in [3.8, 4) is 0 Å². The van der Waals surface area contributed by atoms with E-state index in [1.807, 2.05) is 36.4 Å². The predicted octanol–water partition coefficient (Wildman–Crippen LogP) is 4.82. The van der Waals surface area contributed by atoms with Crippen molar-refractivity contribution in [3.63, 3.8) is 0 Å². The topological polar surface area (TPSA) is 41.5 Å². The highest BCUT2D eigenvalue weighted by molar-refractivity contribution is 6.13. The first-order valence-electron chi connectivity index (χ1n) is 8.67. The summed E-state index contributed by atoms with van der Waals surface area (Å²) in [5.74, 6) is -0.567. The third kappa shape index (κ3) is 3.70. The Morgan fingerprint density at radius 2 is 1.48 bits per heavy atom. The lowest BCUT2D eigenvalue weighted by atomic mass is 9.97. The second-order valence-corrected chi connectivity index (χ2v) is 6.33. The Kier molecular flexibility index (Phi) is 4.62. The Balaban J connectivity index is 1.60. The van der Waals surface area contributed by atoms with Gasteiger partial charge in [-0.05, 0) is 45.3 Å². The lowest BCUT2D eigenvalue weighted by molar-refractivity contribution is -0.120. The molecular weight excluding hydrogens is 339 g/mol. The lowest BCUT2D eigenvalue weighted by Crippen LogP contribution is -2.19. The number of carbonyl (C=O) groups is 1. The molecule has 0 aliphatic heterocycles. The van der Waals surface area contributed by atoms with Gasteiger partial charge in [-0.15, -0.1) is 0 Å². The summed E-state index contributed by atoms with van der Waals surface area (Å²) in [6.07, 6.45) is 1.83. The van der Waals surface area contributed by atoms with E-state index in [0.29, 0.717) is 0 Å². The monoisotopic (exact) mass is 356 g/mol. The van der Waals surface area contributed by atoms with Crippen LogP contribution in [0.15, 0.2) is 84.0 Å². The fourth-order valence-electron chi connectivity index (χ4n) is 3.18. The molecule has 27 heavy (non-hydrogen) atoms. The van der Waals surface area contributed by atoms with E-state index in [2.05, 4.69) is 28.7 Å². The molecule has 0 atom stereocenters. The molecule has 0 fully saturated rings. The van der Waals surface area contributed by atoms with Crippen molar-refractivity contribution in [1.82, 2.24) is 5.43 Å². The number of nitrogens with one attached hydrogen (secondary N) is 1. The molecule has 4 aromatic rings. The Labute approximate surface area is 156 Å². The van der Waals surface area contributed by atoms with Crippen molar-refractivity contribution in [1.29, 1.82) is 0 Å². The first-order chi connectivity index (χ1) is 13.2. The molecule has 0 aliphatic rings. The molecule has 132 valence electrons. The van der Waals surface area contributed by atoms with Gasteiger partial charge in [-0.25, -0.2) is 9.82 Å². The van der Waals surface area contributed by atoms with Gasteiger partial charge in [-0.1, -0.05) is 60.7 Å². The van der Waals surface area contributed by atoms with Gasteiger partial charge < -0.3 is 0 Å². The largest absolute Gasteiger partial charge is 0.273 e. The molecule has 4 heteroatoms. The number of hydrogen-bond donors (Lipinski definition) is 1. The number of fused-ring (bicyclic) bond motifs is 2. The Hall–Kier alpha value is -3.53. The first kappa shape index (κ1) is 16.9. The van der Waals surface area contributed by atoms with Crippen molar-refractivity contribution in [2.45, 2.75) is 6.42 Å². The molecule has 0 spiro atoms. The van der Waals surface area contributed by atoms with E-state index >= 15 is 0 Å². The molecule has 0 saturated heterocycles. The Bertz CT molecular complexity index is 1100. The maximum atomic E-state index is 12.9. The predicted molar refractivity (Wildman–Crippen MR) is 107 cm³/mol. The van der Waals surface area contributed by atoms with E-state index in [0.717, 1.165) is 32.7 Å². The molecule has 0 heterocycles. The molecule has 0 saturated carbocycles. The van der Waals surface area contributed by atoms with Crippen LogP contribution in [0.3, 0.4) is 0 Å². The fourth-order valence-corrected chi connectivity index (χ4v) is 3.18. The zero-order valence-electron chi connectivity index (χ0n) is 14.5. The zero-order chi connectivity index (χ0) is 18.6. The number of hydrazone groups is 1. The second kappa shape index (κ2) is 7.38. The number of halogens is 1. The van der Waals surface area contributed by atoms with Crippen LogP contribution >= 0.6 is 0 Å². The van der Waals surface area contributed by atoms with Gasteiger partial charge in [0.2, 0.25) is 5.91 Å². The molecular formula is C23H17FN2O. The van der Waals surface area contributed by atoms with Crippen molar-refractivity contribution in [3.05, 3.63) is 95.8 Å². The van der Waals surface area contributed by atoms with Gasteiger partial charge in [0.1, 0.15) is 5.82 Å². The molecule has 1 amide bonds. The Morgan fingerprint density at radius 1 is 0.889 bits per heavy atom. The van der Waals surface area contributed by atoms with E-state index in [1.54, 1.807) is 18.3 Å². The second-order valence-electron chi connectivity index (χ2n) is 6.33. The van der Waals surface area contributed by atoms with Crippen LogP contribution in [-0.4, -0.2) is 12.1 Å². The average Bonchev–Trinajstić information content (AvgIpc) is 2.69. The first-order valence-corrected chi connectivity index (χ1v) is 8.67. The van der Waals surface area contributed by atoms with Gasteiger partial charge >= 0.3 is 0 Å². The summed E-state index contributed by atoms with van der Waals surface area (Å²) in [7, 11) is 0. The summed E-state index contributed by atoms with van der Waals surface area (Å²) in [6, 6.07) is 24.2. The number of amides is 1. The van der Waals surface area contributed by atoms with E-state index < -0.39 is 0 Å². The summed E-state index contributed by atoms with van der Waals surface area (Å²) < 4.78 is 12.9. The van der Waals surface area contributed by atoms with Gasteiger partial charge in [-0.3, -0.25) is 4.79 Å². The summed E-state index contributed by atoms with van der Waals surface area (Å²) in [5, 5.41) is 8.55. The van der Waals surface area contributed by atoms with E-state index in [9.17, 15) is 9.18 Å². The summed E-state index contributed by atoms with van der Waals surface area (Å²) in [5.41, 5.74) is 4.26. The van der Waals surface area contributed by atoms with Gasteiger partial charge in [-0.2, -0.15) is 5.10 Å². The highest BCUT2D eigenvalue weighted by Crippen LogP contribution is 2.27. The minimum atomic E-state index is -0.319. The minimum absolute atomic E-state index is 0.147. The van der Waals surface area contributed by atoms with Crippen molar-refractivity contribution in [2.24, 2.45) is 5.10 Å². The molecule has 0 aromatic heterocycles. The third-order valence-corrected chi connectivity index (χ3v) is 4.47. The van der Waals surface area contributed by atoms with Crippen LogP contribution in [0.4, 0.5) is 4.39 Å². The minimum Gasteiger partial charge on any atom is -0.273 e. The fraction of sp³-hybridized carbons (Fsp3) is 0.0435. The lowest BCUT2D eigenvalue weighted by Gasteiger charge is -2.08. The van der Waals surface area contributed by atoms with Gasteiger partial charge in [0.25, 0.3) is 0 Å². The van der Waals surface area contributed by atoms with Gasteiger partial charge in [0.15, 0.2) is 0 Å². The van der Waals surface area contributed by atoms with E-state index in [4.69, 9.17) is 0 Å². The summed E-state index contributed by atoms with van der Waals surface area (Å²) in [6.45, 7) is 0. The highest BCUT2D eigenvalue weighted by atomic mass is 19.1. The summed E-state index contributed by atoms with van der Waals surface area (Å²) in [4.78, 5) is 12.1. The third-order valence-electron chi connectivity index (χ3n) is 4.47. The number of rotatable bonds is 4. The quantitative estimate of drug-likeness (QED) is 0.318. The normalized spacial score (nSPS) is 11.3. The molecule has 3 nitrogen and oxygen atoms in total. The number of nitrogens with zero attached hydrogens (tertiary/aromatic N) is 1. The van der Waals surface area contributed by atoms with Crippen LogP contribution in [0.2, 0.25) is 0 Å². The smallest absolute Gasteiger partial charge is 0.244 e. The zero-order valence-corrected chi connectivity index (χ0v) is 14.5. The van der Waals surface area contributed by atoms with E-state index in [-0.39, 0.29) is 18.1 Å². The Morgan fingerprint density at radius 3 is 2.11 bits per heavy atom. The molecule has 1 N–H and O–H groups in total. The van der Waals surface area contributed by atoms with Crippen molar-refractivity contribution < 1.29 is 9.18 Å². The maximum absolute atomic E-state index is 12.9. The van der Waals surface area contributed by atoms with Gasteiger partial charge in [0.05, 0.1) is 12.6 Å². The molecule has 0 unspecified atom stereocenters. The van der Waals surface area contributed by atoms with Crippen LogP contribution in [0, 0.1) is 5.82 Å². The highest BCUT2D eigenvalue weighted by Gasteiger charge is 2.06. The van der Waals surface area contributed by atoms with Crippen LogP contribution in [-0.2, 0) is 11.2 Å². The van der Waals surface area contributed by atoms with Crippen LogP contribution in [0.1, 0.15) is 11.1 Å². The van der Waals surface area contributed by atoms with Crippen LogP contribution in [0.5, 0.6) is 0 Å². The number of benzene rings is 4. The average molecular weight is 356 g/mol. The molecule has 0 radical (unpaired) electrons. The van der Waals surface area contributed by atoms with Crippen molar-refractivity contribution >= 4 is 33.7 Å². The molecule has 0 aliphatic carbocycles. The van der Waals surface area contributed by atoms with Crippen molar-refractivity contribution in [2.75, 3.05) is 0 Å². The van der Waals surface area contributed by atoms with Crippen LogP contribution in [0.25, 0.3) is 21.5 Å². The van der Waals surface area contributed by atoms with E-state index in [1.165, 1.54) is 12.1 Å².